The van der Waals surface area contributed by atoms with Gasteiger partial charge in [0.25, 0.3) is 0 Å². The van der Waals surface area contributed by atoms with E-state index in [0.717, 1.165) is 0 Å². The summed E-state index contributed by atoms with van der Waals surface area (Å²) in [6.07, 6.45) is -0.129. The molecule has 0 aliphatic heterocycles. The fourth-order valence-corrected chi connectivity index (χ4v) is 2.65. The normalized spacial score (nSPS) is 11.5. The molecule has 3 rings (SSSR count). The first-order valence-electron chi connectivity index (χ1n) is 5.80. The van der Waals surface area contributed by atoms with Crippen LogP contribution in [0.25, 0.3) is 21.9 Å². The quantitative estimate of drug-likeness (QED) is 0.767. The van der Waals surface area contributed by atoms with Crippen molar-refractivity contribution in [1.29, 1.82) is 0 Å². The molecule has 0 aliphatic rings. The van der Waals surface area contributed by atoms with Gasteiger partial charge >= 0.3 is 5.97 Å². The summed E-state index contributed by atoms with van der Waals surface area (Å²) in [6.45, 7) is 3.60. The first-order valence-corrected chi connectivity index (χ1v) is 6.17. The minimum absolute atomic E-state index is 0.129. The van der Waals surface area contributed by atoms with Crippen LogP contribution in [0.1, 0.15) is 17.1 Å². The van der Waals surface area contributed by atoms with Crippen LogP contribution in [-0.4, -0.2) is 11.1 Å². The minimum Gasteiger partial charge on any atom is -0.481 e. The lowest BCUT2D eigenvalue weighted by molar-refractivity contribution is -0.136. The van der Waals surface area contributed by atoms with Crippen LogP contribution in [0.4, 0.5) is 0 Å². The van der Waals surface area contributed by atoms with Gasteiger partial charge in [-0.15, -0.1) is 0 Å². The third kappa shape index (κ3) is 1.79. The van der Waals surface area contributed by atoms with Crippen LogP contribution in [0.3, 0.4) is 0 Å². The summed E-state index contributed by atoms with van der Waals surface area (Å²) in [4.78, 5) is 11.0. The number of furan rings is 2. The zero-order valence-corrected chi connectivity index (χ0v) is 11.2. The molecule has 4 nitrogen and oxygen atoms in total. The van der Waals surface area contributed by atoms with Crippen LogP contribution in [0.5, 0.6) is 0 Å². The molecule has 1 N–H and O–H groups in total. The van der Waals surface area contributed by atoms with E-state index in [1.54, 1.807) is 26.0 Å². The molecule has 0 radical (unpaired) electrons. The first-order chi connectivity index (χ1) is 8.97. The molecule has 5 heteroatoms. The van der Waals surface area contributed by atoms with E-state index in [9.17, 15) is 4.79 Å². The second-order valence-electron chi connectivity index (χ2n) is 4.56. The van der Waals surface area contributed by atoms with Gasteiger partial charge in [-0.05, 0) is 26.0 Å². The zero-order valence-electron chi connectivity index (χ0n) is 10.4. The summed E-state index contributed by atoms with van der Waals surface area (Å²) >= 11 is 6.31. The maximum absolute atomic E-state index is 11.0. The molecule has 19 heavy (non-hydrogen) atoms. The van der Waals surface area contributed by atoms with Gasteiger partial charge in [0.05, 0.1) is 11.4 Å². The number of carboxylic acid groups (broad SMARTS) is 1. The van der Waals surface area contributed by atoms with Crippen molar-refractivity contribution in [1.82, 2.24) is 0 Å². The summed E-state index contributed by atoms with van der Waals surface area (Å²) in [5.41, 5.74) is 1.65. The number of rotatable bonds is 2. The fourth-order valence-electron chi connectivity index (χ4n) is 2.37. The second kappa shape index (κ2) is 4.03. The van der Waals surface area contributed by atoms with Gasteiger partial charge < -0.3 is 13.9 Å². The Morgan fingerprint density at radius 1 is 1.16 bits per heavy atom. The number of aryl methyl sites for hydroxylation is 2. The number of carboxylic acids is 1. The van der Waals surface area contributed by atoms with E-state index in [4.69, 9.17) is 25.5 Å². The van der Waals surface area contributed by atoms with Crippen LogP contribution in [0, 0.1) is 13.8 Å². The maximum Gasteiger partial charge on any atom is 0.307 e. The van der Waals surface area contributed by atoms with Gasteiger partial charge in [0, 0.05) is 16.3 Å². The van der Waals surface area contributed by atoms with E-state index >= 15 is 0 Å². The van der Waals surface area contributed by atoms with Gasteiger partial charge in [-0.2, -0.15) is 0 Å². The molecule has 0 fully saturated rings. The molecular weight excluding hydrogens is 268 g/mol. The van der Waals surface area contributed by atoms with Crippen molar-refractivity contribution in [2.75, 3.05) is 0 Å². The van der Waals surface area contributed by atoms with Crippen molar-refractivity contribution in [3.8, 4) is 0 Å². The van der Waals surface area contributed by atoms with Crippen LogP contribution in [-0.2, 0) is 11.2 Å². The summed E-state index contributed by atoms with van der Waals surface area (Å²) in [5.74, 6) is 0.457. The van der Waals surface area contributed by atoms with Crippen molar-refractivity contribution in [3.63, 3.8) is 0 Å². The molecule has 98 valence electrons. The van der Waals surface area contributed by atoms with Gasteiger partial charge in [-0.25, -0.2) is 0 Å². The number of benzene rings is 1. The third-order valence-electron chi connectivity index (χ3n) is 3.07. The highest BCUT2D eigenvalue weighted by molar-refractivity contribution is 6.40. The summed E-state index contributed by atoms with van der Waals surface area (Å²) < 4.78 is 11.2. The Balaban J connectivity index is 2.50. The SMILES string of the molecule is Cc1cc2c(CC(=O)O)c3oc(C)cc3c(Cl)c2o1. The second-order valence-corrected chi connectivity index (χ2v) is 4.94. The molecule has 1 aromatic carbocycles. The van der Waals surface area contributed by atoms with Crippen LogP contribution >= 0.6 is 11.6 Å². The molecule has 0 atom stereocenters. The van der Waals surface area contributed by atoms with E-state index in [-0.39, 0.29) is 6.42 Å². The lowest BCUT2D eigenvalue weighted by Crippen LogP contribution is -2.01. The molecule has 0 bridgehead atoms. The Hall–Kier alpha value is -1.94. The zero-order chi connectivity index (χ0) is 13.7. The van der Waals surface area contributed by atoms with Crippen LogP contribution < -0.4 is 0 Å². The molecule has 0 aliphatic carbocycles. The predicted molar refractivity (Wildman–Crippen MR) is 71.8 cm³/mol. The highest BCUT2D eigenvalue weighted by Gasteiger charge is 2.21. The average molecular weight is 279 g/mol. The van der Waals surface area contributed by atoms with Crippen molar-refractivity contribution in [3.05, 3.63) is 34.2 Å². The highest BCUT2D eigenvalue weighted by Crippen LogP contribution is 2.39. The Labute approximate surface area is 113 Å². The molecule has 0 amide bonds. The fraction of sp³-hybridized carbons (Fsp3) is 0.214. The van der Waals surface area contributed by atoms with Gasteiger partial charge in [0.15, 0.2) is 5.58 Å². The third-order valence-corrected chi connectivity index (χ3v) is 3.45. The van der Waals surface area contributed by atoms with Crippen LogP contribution in [0.15, 0.2) is 21.0 Å². The van der Waals surface area contributed by atoms with E-state index in [1.807, 2.05) is 0 Å². The molecule has 0 saturated carbocycles. The van der Waals surface area contributed by atoms with Gasteiger partial charge in [-0.1, -0.05) is 11.6 Å². The van der Waals surface area contributed by atoms with E-state index in [0.29, 0.717) is 44.0 Å². The summed E-state index contributed by atoms with van der Waals surface area (Å²) in [5, 5.41) is 10.9. The number of hydrogen-bond donors (Lipinski definition) is 1. The first kappa shape index (κ1) is 12.1. The molecule has 0 spiro atoms. The molecular formula is C14H11ClO4. The number of aliphatic carboxylic acids is 1. The molecule has 3 aromatic rings. The Bertz CT molecular complexity index is 752. The summed E-state index contributed by atoms with van der Waals surface area (Å²) in [7, 11) is 0. The van der Waals surface area contributed by atoms with Gasteiger partial charge in [0.2, 0.25) is 0 Å². The Kier molecular flexibility index (Phi) is 2.57. The van der Waals surface area contributed by atoms with Crippen molar-refractivity contribution >= 4 is 39.5 Å². The molecule has 0 saturated heterocycles. The molecule has 0 unspecified atom stereocenters. The van der Waals surface area contributed by atoms with Gasteiger partial charge in [-0.3, -0.25) is 4.79 Å². The van der Waals surface area contributed by atoms with Crippen molar-refractivity contribution in [2.45, 2.75) is 20.3 Å². The monoisotopic (exact) mass is 278 g/mol. The van der Waals surface area contributed by atoms with Crippen molar-refractivity contribution < 1.29 is 18.7 Å². The average Bonchev–Trinajstić information content (AvgIpc) is 2.87. The number of hydrogen-bond acceptors (Lipinski definition) is 3. The van der Waals surface area contributed by atoms with Crippen LogP contribution in [0.2, 0.25) is 5.02 Å². The lowest BCUT2D eigenvalue weighted by atomic mass is 10.0. The Morgan fingerprint density at radius 2 is 1.74 bits per heavy atom. The predicted octanol–water partition coefficient (Wildman–Crippen LogP) is 4.08. The maximum atomic E-state index is 11.0. The van der Waals surface area contributed by atoms with Crippen molar-refractivity contribution in [2.24, 2.45) is 0 Å². The van der Waals surface area contributed by atoms with E-state index in [2.05, 4.69) is 0 Å². The number of halogens is 1. The number of fused-ring (bicyclic) bond motifs is 2. The highest BCUT2D eigenvalue weighted by atomic mass is 35.5. The smallest absolute Gasteiger partial charge is 0.307 e. The standard InChI is InChI=1S/C14H11ClO4/c1-6-3-8-9(5-11(16)17)13-10(4-7(2)18-13)12(15)14(8)19-6/h3-4H,5H2,1-2H3,(H,16,17). The van der Waals surface area contributed by atoms with E-state index in [1.165, 1.54) is 0 Å². The summed E-state index contributed by atoms with van der Waals surface area (Å²) in [6, 6.07) is 3.58. The minimum atomic E-state index is -0.919. The molecule has 2 aromatic heterocycles. The van der Waals surface area contributed by atoms with Gasteiger partial charge in [0.1, 0.15) is 17.1 Å². The largest absolute Gasteiger partial charge is 0.481 e. The lowest BCUT2D eigenvalue weighted by Gasteiger charge is -2.03. The Morgan fingerprint density at radius 3 is 2.37 bits per heavy atom. The topological polar surface area (TPSA) is 63.6 Å². The number of carbonyl (C=O) groups is 1. The molecule has 2 heterocycles. The van der Waals surface area contributed by atoms with E-state index < -0.39 is 5.97 Å².